The molecule has 1 fully saturated rings. The standard InChI is InChI=1S/C14H19NO4/c1-9-14(2,6-7-19-9)15-13(17)11-5-4-10(18-3)8-12(11)16/h4-5,8-9,16H,6-7H2,1-3H3,(H,15,17). The van der Waals surface area contributed by atoms with Gasteiger partial charge in [-0.2, -0.15) is 0 Å². The van der Waals surface area contributed by atoms with E-state index in [0.29, 0.717) is 12.4 Å². The molecule has 0 bridgehead atoms. The van der Waals surface area contributed by atoms with Crippen LogP contribution >= 0.6 is 0 Å². The van der Waals surface area contributed by atoms with Crippen LogP contribution in [0.25, 0.3) is 0 Å². The van der Waals surface area contributed by atoms with E-state index in [2.05, 4.69) is 5.32 Å². The van der Waals surface area contributed by atoms with Crippen LogP contribution in [-0.4, -0.2) is 36.4 Å². The second kappa shape index (κ2) is 5.09. The van der Waals surface area contributed by atoms with Crippen molar-refractivity contribution < 1.29 is 19.4 Å². The summed E-state index contributed by atoms with van der Waals surface area (Å²) in [5.74, 6) is 0.116. The molecule has 1 saturated heterocycles. The minimum Gasteiger partial charge on any atom is -0.507 e. The van der Waals surface area contributed by atoms with Gasteiger partial charge in [0.2, 0.25) is 0 Å². The van der Waals surface area contributed by atoms with E-state index in [9.17, 15) is 9.90 Å². The molecule has 0 aliphatic carbocycles. The Balaban J connectivity index is 2.16. The molecule has 1 aliphatic heterocycles. The molecule has 0 aromatic heterocycles. The molecule has 1 amide bonds. The van der Waals surface area contributed by atoms with Crippen LogP contribution in [0.2, 0.25) is 0 Å². The van der Waals surface area contributed by atoms with Crippen molar-refractivity contribution in [1.82, 2.24) is 5.32 Å². The van der Waals surface area contributed by atoms with E-state index in [4.69, 9.17) is 9.47 Å². The quantitative estimate of drug-likeness (QED) is 0.873. The summed E-state index contributed by atoms with van der Waals surface area (Å²) in [5, 5.41) is 12.8. The Labute approximate surface area is 112 Å². The molecule has 104 valence electrons. The smallest absolute Gasteiger partial charge is 0.255 e. The van der Waals surface area contributed by atoms with Gasteiger partial charge in [-0.1, -0.05) is 0 Å². The summed E-state index contributed by atoms with van der Waals surface area (Å²) in [6.45, 7) is 4.51. The number of carbonyl (C=O) groups is 1. The molecule has 2 N–H and O–H groups in total. The van der Waals surface area contributed by atoms with Crippen molar-refractivity contribution in [1.29, 1.82) is 0 Å². The average Bonchev–Trinajstić information content (AvgIpc) is 2.68. The molecular formula is C14H19NO4. The van der Waals surface area contributed by atoms with Gasteiger partial charge in [0, 0.05) is 12.7 Å². The highest BCUT2D eigenvalue weighted by atomic mass is 16.5. The van der Waals surface area contributed by atoms with Crippen molar-refractivity contribution in [3.05, 3.63) is 23.8 Å². The number of methoxy groups -OCH3 is 1. The maximum Gasteiger partial charge on any atom is 0.255 e. The van der Waals surface area contributed by atoms with Crippen molar-refractivity contribution >= 4 is 5.91 Å². The molecule has 2 unspecified atom stereocenters. The highest BCUT2D eigenvalue weighted by Crippen LogP contribution is 2.28. The Morgan fingerprint density at radius 2 is 2.32 bits per heavy atom. The lowest BCUT2D eigenvalue weighted by Crippen LogP contribution is -2.50. The lowest BCUT2D eigenvalue weighted by Gasteiger charge is -2.29. The number of aromatic hydroxyl groups is 1. The van der Waals surface area contributed by atoms with E-state index in [1.54, 1.807) is 12.1 Å². The van der Waals surface area contributed by atoms with Crippen LogP contribution in [0.3, 0.4) is 0 Å². The number of amides is 1. The monoisotopic (exact) mass is 265 g/mol. The minimum absolute atomic E-state index is 0.0446. The lowest BCUT2D eigenvalue weighted by atomic mass is 9.94. The third-order valence-corrected chi connectivity index (χ3v) is 3.74. The molecule has 0 spiro atoms. The fraction of sp³-hybridized carbons (Fsp3) is 0.500. The summed E-state index contributed by atoms with van der Waals surface area (Å²) in [7, 11) is 1.51. The van der Waals surface area contributed by atoms with Gasteiger partial charge in [0.25, 0.3) is 5.91 Å². The number of phenols is 1. The molecule has 5 heteroatoms. The fourth-order valence-corrected chi connectivity index (χ4v) is 2.16. The van der Waals surface area contributed by atoms with Gasteiger partial charge in [-0.05, 0) is 32.4 Å². The number of hydrogen-bond acceptors (Lipinski definition) is 4. The van der Waals surface area contributed by atoms with Crippen LogP contribution in [0.4, 0.5) is 0 Å². The molecule has 1 aromatic carbocycles. The Morgan fingerprint density at radius 3 is 2.84 bits per heavy atom. The maximum absolute atomic E-state index is 12.2. The second-order valence-electron chi connectivity index (χ2n) is 5.02. The van der Waals surface area contributed by atoms with Gasteiger partial charge in [-0.3, -0.25) is 4.79 Å². The molecule has 0 radical (unpaired) electrons. The third kappa shape index (κ3) is 2.66. The van der Waals surface area contributed by atoms with E-state index < -0.39 is 5.54 Å². The Hall–Kier alpha value is -1.75. The average molecular weight is 265 g/mol. The SMILES string of the molecule is COc1ccc(C(=O)NC2(C)CCOC2C)c(O)c1. The van der Waals surface area contributed by atoms with Crippen LogP contribution in [0, 0.1) is 0 Å². The van der Waals surface area contributed by atoms with Crippen LogP contribution < -0.4 is 10.1 Å². The first-order valence-corrected chi connectivity index (χ1v) is 6.27. The van der Waals surface area contributed by atoms with Crippen LogP contribution in [0.5, 0.6) is 11.5 Å². The normalized spacial score (nSPS) is 26.2. The first-order chi connectivity index (χ1) is 8.96. The molecular weight excluding hydrogens is 246 g/mol. The second-order valence-corrected chi connectivity index (χ2v) is 5.02. The van der Waals surface area contributed by atoms with Gasteiger partial charge in [0.15, 0.2) is 0 Å². The highest BCUT2D eigenvalue weighted by molar-refractivity contribution is 5.97. The molecule has 0 saturated carbocycles. The van der Waals surface area contributed by atoms with E-state index in [0.717, 1.165) is 6.42 Å². The number of ether oxygens (including phenoxy) is 2. The van der Waals surface area contributed by atoms with E-state index >= 15 is 0 Å². The third-order valence-electron chi connectivity index (χ3n) is 3.74. The molecule has 5 nitrogen and oxygen atoms in total. The van der Waals surface area contributed by atoms with Crippen LogP contribution in [-0.2, 0) is 4.74 Å². The number of carbonyl (C=O) groups excluding carboxylic acids is 1. The summed E-state index contributed by atoms with van der Waals surface area (Å²) < 4.78 is 10.5. The molecule has 2 rings (SSSR count). The summed E-state index contributed by atoms with van der Waals surface area (Å²) in [5.41, 5.74) is -0.162. The van der Waals surface area contributed by atoms with Crippen molar-refractivity contribution in [3.63, 3.8) is 0 Å². The van der Waals surface area contributed by atoms with Crippen LogP contribution in [0.1, 0.15) is 30.6 Å². The Morgan fingerprint density at radius 1 is 1.58 bits per heavy atom. The summed E-state index contributed by atoms with van der Waals surface area (Å²) in [6.07, 6.45) is 0.716. The van der Waals surface area contributed by atoms with Crippen molar-refractivity contribution in [2.75, 3.05) is 13.7 Å². The number of benzene rings is 1. The van der Waals surface area contributed by atoms with Crippen LogP contribution in [0.15, 0.2) is 18.2 Å². The first-order valence-electron chi connectivity index (χ1n) is 6.27. The largest absolute Gasteiger partial charge is 0.507 e. The minimum atomic E-state index is -0.399. The maximum atomic E-state index is 12.2. The lowest BCUT2D eigenvalue weighted by molar-refractivity contribution is 0.0725. The van der Waals surface area contributed by atoms with Gasteiger partial charge < -0.3 is 19.9 Å². The zero-order chi connectivity index (χ0) is 14.0. The predicted octanol–water partition coefficient (Wildman–Crippen LogP) is 1.70. The molecule has 1 aromatic rings. The number of hydrogen-bond donors (Lipinski definition) is 2. The van der Waals surface area contributed by atoms with E-state index in [-0.39, 0.29) is 23.3 Å². The molecule has 1 heterocycles. The predicted molar refractivity (Wildman–Crippen MR) is 70.6 cm³/mol. The molecule has 1 aliphatic rings. The summed E-state index contributed by atoms with van der Waals surface area (Å²) >= 11 is 0. The van der Waals surface area contributed by atoms with Crippen molar-refractivity contribution in [2.45, 2.75) is 31.9 Å². The van der Waals surface area contributed by atoms with Gasteiger partial charge >= 0.3 is 0 Å². The van der Waals surface area contributed by atoms with Gasteiger partial charge in [-0.15, -0.1) is 0 Å². The molecule has 2 atom stereocenters. The van der Waals surface area contributed by atoms with E-state index in [1.165, 1.54) is 13.2 Å². The zero-order valence-corrected chi connectivity index (χ0v) is 11.4. The zero-order valence-electron chi connectivity index (χ0n) is 11.4. The van der Waals surface area contributed by atoms with Gasteiger partial charge in [0.1, 0.15) is 11.5 Å². The number of phenolic OH excluding ortho intramolecular Hbond substituents is 1. The number of nitrogens with one attached hydrogen (secondary N) is 1. The van der Waals surface area contributed by atoms with Gasteiger partial charge in [-0.25, -0.2) is 0 Å². The number of rotatable bonds is 3. The summed E-state index contributed by atoms with van der Waals surface area (Å²) in [6, 6.07) is 4.62. The first kappa shape index (κ1) is 13.7. The topological polar surface area (TPSA) is 67.8 Å². The Kier molecular flexibility index (Phi) is 3.66. The van der Waals surface area contributed by atoms with Gasteiger partial charge in [0.05, 0.1) is 24.3 Å². The summed E-state index contributed by atoms with van der Waals surface area (Å²) in [4.78, 5) is 12.2. The van der Waals surface area contributed by atoms with Crippen molar-refractivity contribution in [2.24, 2.45) is 0 Å². The molecule has 19 heavy (non-hydrogen) atoms. The Bertz CT molecular complexity index is 488. The fourth-order valence-electron chi connectivity index (χ4n) is 2.16. The van der Waals surface area contributed by atoms with Crippen molar-refractivity contribution in [3.8, 4) is 11.5 Å². The van der Waals surface area contributed by atoms with E-state index in [1.807, 2.05) is 13.8 Å². The highest BCUT2D eigenvalue weighted by Gasteiger charge is 2.38.